The van der Waals surface area contributed by atoms with Crippen LogP contribution in [-0.4, -0.2) is 39.5 Å². The Kier molecular flexibility index (Phi) is 7.25. The first-order valence-electron chi connectivity index (χ1n) is 10.9. The third-order valence-corrected chi connectivity index (χ3v) is 5.77. The fourth-order valence-electron chi connectivity index (χ4n) is 4.06. The number of hydrogen-bond acceptors (Lipinski definition) is 5. The van der Waals surface area contributed by atoms with Crippen LogP contribution in [0.25, 0.3) is 0 Å². The number of halogens is 6. The predicted molar refractivity (Wildman–Crippen MR) is 114 cm³/mol. The van der Waals surface area contributed by atoms with Gasteiger partial charge in [0, 0.05) is 6.54 Å². The van der Waals surface area contributed by atoms with E-state index >= 15 is 0 Å². The van der Waals surface area contributed by atoms with E-state index in [-0.39, 0.29) is 24.8 Å². The van der Waals surface area contributed by atoms with Crippen molar-refractivity contribution in [2.24, 2.45) is 0 Å². The van der Waals surface area contributed by atoms with Crippen molar-refractivity contribution in [3.8, 4) is 0 Å². The third kappa shape index (κ3) is 5.97. The lowest BCUT2D eigenvalue weighted by Gasteiger charge is -2.41. The summed E-state index contributed by atoms with van der Waals surface area (Å²) >= 11 is 0. The minimum atomic E-state index is -4.97. The van der Waals surface area contributed by atoms with Gasteiger partial charge in [0.15, 0.2) is 6.29 Å². The second kappa shape index (κ2) is 10.1. The Labute approximate surface area is 201 Å². The molecule has 0 saturated carbocycles. The van der Waals surface area contributed by atoms with E-state index in [1.54, 1.807) is 30.3 Å². The number of alkyl halides is 6. The fourth-order valence-corrected chi connectivity index (χ4v) is 4.06. The number of aromatic nitrogens is 3. The lowest BCUT2D eigenvalue weighted by molar-refractivity contribution is -0.231. The van der Waals surface area contributed by atoms with Gasteiger partial charge in [0.25, 0.3) is 0 Å². The molecule has 3 aromatic rings. The zero-order valence-corrected chi connectivity index (χ0v) is 18.9. The molecule has 0 aliphatic carbocycles. The molecule has 0 radical (unpaired) electrons. The number of rotatable bonds is 6. The zero-order valence-electron chi connectivity index (χ0n) is 18.9. The maximum Gasteiger partial charge on any atom is 0.416 e. The minimum Gasteiger partial charge on any atom is -0.349 e. The molecule has 2 heterocycles. The molecule has 0 unspecified atom stereocenters. The first-order chi connectivity index (χ1) is 16.9. The standard InChI is InChI=1S/C23H22F6N4O3/c1-13(15-9-16(22(24,25)26)11-17(10-15)23(27,28)29)36-20-19(14-5-3-2-4-6-14)33(7-8-35-20)12-18-30-21(34)32-31-18/h2-6,9-11,13,19-20H,7-8,12H2,1H3,(H2,30,31,32,34)/t13-,19-,20+/m0/s1. The molecule has 36 heavy (non-hydrogen) atoms. The average Bonchev–Trinajstić information content (AvgIpc) is 3.23. The second-order valence-corrected chi connectivity index (χ2v) is 8.31. The van der Waals surface area contributed by atoms with Gasteiger partial charge in [-0.15, -0.1) is 0 Å². The van der Waals surface area contributed by atoms with Crippen molar-refractivity contribution in [1.82, 2.24) is 20.1 Å². The van der Waals surface area contributed by atoms with E-state index < -0.39 is 47.6 Å². The quantitative estimate of drug-likeness (QED) is 0.460. The highest BCUT2D eigenvalue weighted by atomic mass is 19.4. The Morgan fingerprint density at radius 3 is 2.28 bits per heavy atom. The summed E-state index contributed by atoms with van der Waals surface area (Å²) in [4.78, 5) is 15.9. The van der Waals surface area contributed by atoms with Gasteiger partial charge in [-0.1, -0.05) is 30.3 Å². The van der Waals surface area contributed by atoms with E-state index in [1.165, 1.54) is 6.92 Å². The van der Waals surface area contributed by atoms with Crippen LogP contribution in [0, 0.1) is 0 Å². The molecule has 0 bridgehead atoms. The summed E-state index contributed by atoms with van der Waals surface area (Å²) in [5, 5.41) is 6.19. The fraction of sp³-hybridized carbons (Fsp3) is 0.391. The van der Waals surface area contributed by atoms with E-state index in [1.807, 2.05) is 4.90 Å². The molecule has 4 rings (SSSR count). The van der Waals surface area contributed by atoms with Crippen LogP contribution in [0.4, 0.5) is 26.3 Å². The summed E-state index contributed by atoms with van der Waals surface area (Å²) in [6, 6.07) is 9.73. The molecule has 194 valence electrons. The number of H-pyrrole nitrogens is 2. The van der Waals surface area contributed by atoms with Crippen LogP contribution < -0.4 is 5.69 Å². The summed E-state index contributed by atoms with van der Waals surface area (Å²) in [5.74, 6) is 0.349. The molecule has 13 heteroatoms. The zero-order chi connectivity index (χ0) is 26.1. The molecule has 1 aliphatic rings. The number of aromatic amines is 2. The maximum atomic E-state index is 13.3. The monoisotopic (exact) mass is 516 g/mol. The molecule has 0 amide bonds. The Balaban J connectivity index is 1.65. The summed E-state index contributed by atoms with van der Waals surface area (Å²) in [7, 11) is 0. The smallest absolute Gasteiger partial charge is 0.349 e. The van der Waals surface area contributed by atoms with Gasteiger partial charge in [-0.05, 0) is 36.2 Å². The molecular formula is C23H22F6N4O3. The predicted octanol–water partition coefficient (Wildman–Crippen LogP) is 4.81. The molecule has 2 N–H and O–H groups in total. The van der Waals surface area contributed by atoms with Crippen LogP contribution in [0.5, 0.6) is 0 Å². The molecule has 1 saturated heterocycles. The van der Waals surface area contributed by atoms with E-state index in [4.69, 9.17) is 9.47 Å². The van der Waals surface area contributed by atoms with E-state index in [9.17, 15) is 31.1 Å². The first-order valence-corrected chi connectivity index (χ1v) is 10.9. The normalized spacial score (nSPS) is 20.4. The van der Waals surface area contributed by atoms with Gasteiger partial charge >= 0.3 is 18.0 Å². The van der Waals surface area contributed by atoms with Crippen molar-refractivity contribution >= 4 is 0 Å². The molecular weight excluding hydrogens is 494 g/mol. The van der Waals surface area contributed by atoms with Crippen molar-refractivity contribution < 1.29 is 35.8 Å². The lowest BCUT2D eigenvalue weighted by atomic mass is 10.0. The number of morpholine rings is 1. The Hall–Kier alpha value is -3.16. The Morgan fingerprint density at radius 2 is 1.72 bits per heavy atom. The summed E-state index contributed by atoms with van der Waals surface area (Å²) in [5.41, 5.74) is -2.87. The van der Waals surface area contributed by atoms with Gasteiger partial charge in [-0.25, -0.2) is 9.89 Å². The van der Waals surface area contributed by atoms with Gasteiger partial charge in [0.1, 0.15) is 5.82 Å². The van der Waals surface area contributed by atoms with Crippen LogP contribution >= 0.6 is 0 Å². The van der Waals surface area contributed by atoms with Crippen LogP contribution in [0.3, 0.4) is 0 Å². The highest BCUT2D eigenvalue weighted by Gasteiger charge is 2.39. The average molecular weight is 516 g/mol. The Morgan fingerprint density at radius 1 is 1.08 bits per heavy atom. The summed E-state index contributed by atoms with van der Waals surface area (Å²) in [6.45, 7) is 2.14. The van der Waals surface area contributed by atoms with Gasteiger partial charge in [-0.3, -0.25) is 9.88 Å². The topological polar surface area (TPSA) is 83.2 Å². The van der Waals surface area contributed by atoms with Crippen molar-refractivity contribution in [2.75, 3.05) is 13.2 Å². The molecule has 1 aromatic heterocycles. The van der Waals surface area contributed by atoms with Crippen molar-refractivity contribution in [3.63, 3.8) is 0 Å². The largest absolute Gasteiger partial charge is 0.416 e. The van der Waals surface area contributed by atoms with Crippen LogP contribution in [-0.2, 0) is 28.4 Å². The molecule has 2 aromatic carbocycles. The molecule has 3 atom stereocenters. The van der Waals surface area contributed by atoms with Gasteiger partial charge < -0.3 is 9.47 Å². The molecule has 1 fully saturated rings. The van der Waals surface area contributed by atoms with E-state index in [0.717, 1.165) is 5.56 Å². The number of nitrogens with zero attached hydrogens (tertiary/aromatic N) is 2. The molecule has 0 spiro atoms. The van der Waals surface area contributed by atoms with Crippen LogP contribution in [0.15, 0.2) is 53.3 Å². The summed E-state index contributed by atoms with van der Waals surface area (Å²) < 4.78 is 91.7. The highest BCUT2D eigenvalue weighted by molar-refractivity contribution is 5.34. The molecule has 1 aliphatic heterocycles. The van der Waals surface area contributed by atoms with Crippen molar-refractivity contribution in [3.05, 3.63) is 87.1 Å². The van der Waals surface area contributed by atoms with Crippen LogP contribution in [0.2, 0.25) is 0 Å². The lowest BCUT2D eigenvalue weighted by Crippen LogP contribution is -2.46. The van der Waals surface area contributed by atoms with Crippen molar-refractivity contribution in [1.29, 1.82) is 0 Å². The van der Waals surface area contributed by atoms with E-state index in [0.29, 0.717) is 24.5 Å². The molecule has 7 nitrogen and oxygen atoms in total. The highest BCUT2D eigenvalue weighted by Crippen LogP contribution is 2.39. The minimum absolute atomic E-state index is 0.0759. The van der Waals surface area contributed by atoms with Crippen molar-refractivity contribution in [2.45, 2.75) is 44.3 Å². The van der Waals surface area contributed by atoms with Gasteiger partial charge in [0.05, 0.1) is 36.4 Å². The van der Waals surface area contributed by atoms with Gasteiger partial charge in [-0.2, -0.15) is 31.4 Å². The summed E-state index contributed by atoms with van der Waals surface area (Å²) in [6.07, 6.45) is -12.2. The second-order valence-electron chi connectivity index (χ2n) is 8.31. The number of ether oxygens (including phenoxy) is 2. The SMILES string of the molecule is C[C@H](O[C@H]1OCCN(Cc2n[nH]c(=O)[nH]2)[C@H]1c1ccccc1)c1cc(C(F)(F)F)cc(C(F)(F)F)c1. The third-order valence-electron chi connectivity index (χ3n) is 5.77. The number of nitrogens with one attached hydrogen (secondary N) is 2. The maximum absolute atomic E-state index is 13.3. The van der Waals surface area contributed by atoms with E-state index in [2.05, 4.69) is 15.2 Å². The van der Waals surface area contributed by atoms with Gasteiger partial charge in [0.2, 0.25) is 0 Å². The van der Waals surface area contributed by atoms with Crippen LogP contribution in [0.1, 0.15) is 47.1 Å². The number of benzene rings is 2. The Bertz CT molecular complexity index is 1190. The first kappa shape index (κ1) is 25.9. The number of hydrogen-bond donors (Lipinski definition) is 2.